The Labute approximate surface area is 171 Å². The second-order valence-electron chi connectivity index (χ2n) is 7.52. The number of hydrogen-bond acceptors (Lipinski definition) is 4. The largest absolute Gasteiger partial charge is 0.354 e. The van der Waals surface area contributed by atoms with Crippen molar-refractivity contribution < 1.29 is 4.79 Å². The van der Waals surface area contributed by atoms with Crippen molar-refractivity contribution in [3.63, 3.8) is 0 Å². The van der Waals surface area contributed by atoms with Gasteiger partial charge in [-0.15, -0.1) is 11.8 Å². The number of pyridine rings is 1. The van der Waals surface area contributed by atoms with Crippen LogP contribution in [0.3, 0.4) is 0 Å². The van der Waals surface area contributed by atoms with Crippen molar-refractivity contribution in [3.05, 3.63) is 40.7 Å². The van der Waals surface area contributed by atoms with E-state index in [2.05, 4.69) is 17.3 Å². The van der Waals surface area contributed by atoms with Crippen molar-refractivity contribution in [1.29, 1.82) is 0 Å². The molecule has 1 heterocycles. The van der Waals surface area contributed by atoms with Crippen LogP contribution < -0.4 is 10.9 Å². The number of nitrogens with one attached hydrogen (secondary N) is 1. The zero-order valence-corrected chi connectivity index (χ0v) is 17.8. The number of hydrogen-bond donors (Lipinski definition) is 1. The number of carbonyl (C=O) groups is 1. The van der Waals surface area contributed by atoms with E-state index in [-0.39, 0.29) is 11.5 Å². The van der Waals surface area contributed by atoms with Crippen molar-refractivity contribution in [2.75, 3.05) is 25.9 Å². The average Bonchev–Trinajstić information content (AvgIpc) is 2.72. The standard InChI is InChI=1S/C22H31N3O2S/c1-3-25-19-12-8-7-11-18(19)20(15-22(25)27)28-16-21(26)23-13-14-24(2)17-9-5-4-6-10-17/h7-8,11-12,15,17H,3-6,9-10,13-14,16H2,1-2H3,(H,23,26). The Morgan fingerprint density at radius 3 is 2.75 bits per heavy atom. The maximum absolute atomic E-state index is 12.4. The van der Waals surface area contributed by atoms with E-state index in [1.54, 1.807) is 10.6 Å². The fourth-order valence-corrected chi connectivity index (χ4v) is 4.92. The Morgan fingerprint density at radius 2 is 2.00 bits per heavy atom. The Kier molecular flexibility index (Phi) is 7.57. The maximum atomic E-state index is 12.4. The second kappa shape index (κ2) is 10.1. The summed E-state index contributed by atoms with van der Waals surface area (Å²) in [6.07, 6.45) is 6.55. The minimum Gasteiger partial charge on any atom is -0.354 e. The molecule has 1 aromatic heterocycles. The topological polar surface area (TPSA) is 54.3 Å². The molecule has 1 aromatic carbocycles. The molecule has 5 nitrogen and oxygen atoms in total. The van der Waals surface area contributed by atoms with Crippen LogP contribution in [0, 0.1) is 0 Å². The van der Waals surface area contributed by atoms with Gasteiger partial charge in [0.2, 0.25) is 5.91 Å². The lowest BCUT2D eigenvalue weighted by Crippen LogP contribution is -2.39. The number of para-hydroxylation sites is 1. The minimum absolute atomic E-state index is 0.0155. The van der Waals surface area contributed by atoms with Crippen molar-refractivity contribution in [1.82, 2.24) is 14.8 Å². The van der Waals surface area contributed by atoms with Crippen LogP contribution in [0.2, 0.25) is 0 Å². The van der Waals surface area contributed by atoms with E-state index in [1.807, 2.05) is 31.2 Å². The molecule has 0 spiro atoms. The molecule has 1 amide bonds. The van der Waals surface area contributed by atoms with Gasteiger partial charge >= 0.3 is 0 Å². The summed E-state index contributed by atoms with van der Waals surface area (Å²) in [6, 6.07) is 10.2. The van der Waals surface area contributed by atoms with Crippen molar-refractivity contribution in [3.8, 4) is 0 Å². The maximum Gasteiger partial charge on any atom is 0.252 e. The summed E-state index contributed by atoms with van der Waals surface area (Å²) < 4.78 is 1.76. The van der Waals surface area contributed by atoms with Crippen LogP contribution in [-0.2, 0) is 11.3 Å². The predicted octanol–water partition coefficient (Wildman–Crippen LogP) is 3.49. The highest BCUT2D eigenvalue weighted by atomic mass is 32.2. The second-order valence-corrected chi connectivity index (χ2v) is 8.54. The molecule has 0 radical (unpaired) electrons. The molecule has 6 heteroatoms. The number of amides is 1. The van der Waals surface area contributed by atoms with Gasteiger partial charge in [0.1, 0.15) is 0 Å². The first-order chi connectivity index (χ1) is 13.6. The van der Waals surface area contributed by atoms with Gasteiger partial charge in [-0.05, 0) is 32.9 Å². The molecule has 1 fully saturated rings. The van der Waals surface area contributed by atoms with Crippen LogP contribution in [-0.4, -0.2) is 47.3 Å². The van der Waals surface area contributed by atoms with Gasteiger partial charge in [0.15, 0.2) is 0 Å². The van der Waals surface area contributed by atoms with Gasteiger partial charge < -0.3 is 14.8 Å². The molecule has 152 valence electrons. The van der Waals surface area contributed by atoms with Crippen LogP contribution in [0.4, 0.5) is 0 Å². The molecule has 3 rings (SSSR count). The van der Waals surface area contributed by atoms with E-state index in [9.17, 15) is 9.59 Å². The highest BCUT2D eigenvalue weighted by Crippen LogP contribution is 2.26. The molecule has 1 saturated carbocycles. The first-order valence-corrected chi connectivity index (χ1v) is 11.3. The van der Waals surface area contributed by atoms with Gasteiger partial charge in [0.25, 0.3) is 5.56 Å². The molecule has 0 unspecified atom stereocenters. The number of benzene rings is 1. The fraction of sp³-hybridized carbons (Fsp3) is 0.545. The van der Waals surface area contributed by atoms with Gasteiger partial charge in [-0.3, -0.25) is 9.59 Å². The molecular weight excluding hydrogens is 370 g/mol. The monoisotopic (exact) mass is 401 g/mol. The van der Waals surface area contributed by atoms with Crippen LogP contribution in [0.15, 0.2) is 40.0 Å². The van der Waals surface area contributed by atoms with Gasteiger partial charge in [0.05, 0.1) is 11.3 Å². The summed E-state index contributed by atoms with van der Waals surface area (Å²) in [7, 11) is 2.16. The van der Waals surface area contributed by atoms with Crippen molar-refractivity contribution in [2.45, 2.75) is 56.5 Å². The number of thioether (sulfide) groups is 1. The summed E-state index contributed by atoms with van der Waals surface area (Å²) in [5.41, 5.74) is 0.910. The van der Waals surface area contributed by atoms with E-state index >= 15 is 0 Å². The zero-order valence-electron chi connectivity index (χ0n) is 16.9. The third-order valence-electron chi connectivity index (χ3n) is 5.64. The number of aromatic nitrogens is 1. The molecule has 1 N–H and O–H groups in total. The van der Waals surface area contributed by atoms with Crippen molar-refractivity contribution >= 4 is 28.6 Å². The Bertz CT molecular complexity index is 858. The lowest BCUT2D eigenvalue weighted by atomic mass is 9.94. The summed E-state index contributed by atoms with van der Waals surface area (Å²) in [4.78, 5) is 27.9. The first kappa shape index (κ1) is 20.9. The molecule has 1 aliphatic rings. The number of nitrogens with zero attached hydrogens (tertiary/aromatic N) is 2. The summed E-state index contributed by atoms with van der Waals surface area (Å²) in [6.45, 7) is 4.17. The minimum atomic E-state index is -0.0155. The van der Waals surface area contributed by atoms with Gasteiger partial charge in [-0.25, -0.2) is 0 Å². The third kappa shape index (κ3) is 5.17. The van der Waals surface area contributed by atoms with Crippen LogP contribution >= 0.6 is 11.8 Å². The number of rotatable bonds is 8. The average molecular weight is 402 g/mol. The Hall–Kier alpha value is -1.79. The Balaban J connectivity index is 1.53. The highest BCUT2D eigenvalue weighted by molar-refractivity contribution is 8.00. The summed E-state index contributed by atoms with van der Waals surface area (Å²) >= 11 is 1.44. The lowest BCUT2D eigenvalue weighted by molar-refractivity contribution is -0.118. The zero-order chi connectivity index (χ0) is 19.9. The van der Waals surface area contributed by atoms with E-state index in [4.69, 9.17) is 0 Å². The Morgan fingerprint density at radius 1 is 1.25 bits per heavy atom. The summed E-state index contributed by atoms with van der Waals surface area (Å²) in [5.74, 6) is 0.345. The summed E-state index contributed by atoms with van der Waals surface area (Å²) in [5, 5.41) is 4.05. The molecular formula is C22H31N3O2S. The molecule has 0 saturated heterocycles. The molecule has 0 atom stereocenters. The lowest BCUT2D eigenvalue weighted by Gasteiger charge is -2.31. The predicted molar refractivity (Wildman–Crippen MR) is 117 cm³/mol. The first-order valence-electron chi connectivity index (χ1n) is 10.3. The van der Waals surface area contributed by atoms with Gasteiger partial charge in [0, 0.05) is 42.0 Å². The fourth-order valence-electron chi connectivity index (χ4n) is 4.02. The third-order valence-corrected chi connectivity index (χ3v) is 6.70. The quantitative estimate of drug-likeness (QED) is 0.688. The van der Waals surface area contributed by atoms with Gasteiger partial charge in [-0.1, -0.05) is 37.5 Å². The normalized spacial score (nSPS) is 15.2. The van der Waals surface area contributed by atoms with E-state index in [0.717, 1.165) is 22.3 Å². The van der Waals surface area contributed by atoms with E-state index < -0.39 is 0 Å². The smallest absolute Gasteiger partial charge is 0.252 e. The van der Waals surface area contributed by atoms with E-state index in [1.165, 1.54) is 43.9 Å². The number of fused-ring (bicyclic) bond motifs is 1. The van der Waals surface area contributed by atoms with Crippen LogP contribution in [0.5, 0.6) is 0 Å². The van der Waals surface area contributed by atoms with Crippen LogP contribution in [0.25, 0.3) is 10.9 Å². The molecule has 28 heavy (non-hydrogen) atoms. The van der Waals surface area contributed by atoms with Crippen molar-refractivity contribution in [2.24, 2.45) is 0 Å². The SMILES string of the molecule is CCn1c(=O)cc(SCC(=O)NCCN(C)C2CCCCC2)c2ccccc21. The molecule has 2 aromatic rings. The highest BCUT2D eigenvalue weighted by Gasteiger charge is 2.17. The molecule has 0 bridgehead atoms. The number of aryl methyl sites for hydroxylation is 1. The molecule has 0 aliphatic heterocycles. The van der Waals surface area contributed by atoms with E-state index in [0.29, 0.717) is 24.9 Å². The number of carbonyl (C=O) groups excluding carboxylic acids is 1. The molecule has 1 aliphatic carbocycles. The van der Waals surface area contributed by atoms with Crippen LogP contribution in [0.1, 0.15) is 39.0 Å². The number of likely N-dealkylation sites (N-methyl/N-ethyl adjacent to an activating group) is 1. The van der Waals surface area contributed by atoms with Gasteiger partial charge in [-0.2, -0.15) is 0 Å².